The summed E-state index contributed by atoms with van der Waals surface area (Å²) in [5.74, 6) is 0. The molecule has 0 saturated heterocycles. The highest BCUT2D eigenvalue weighted by Crippen LogP contribution is 2.50. The molecule has 0 radical (unpaired) electrons. The lowest BCUT2D eigenvalue weighted by molar-refractivity contribution is 0.660. The molecule has 0 spiro atoms. The van der Waals surface area contributed by atoms with E-state index in [0.717, 1.165) is 0 Å². The summed E-state index contributed by atoms with van der Waals surface area (Å²) in [5.41, 5.74) is 13.3. The molecule has 1 aliphatic rings. The van der Waals surface area contributed by atoms with Crippen LogP contribution in [0.5, 0.6) is 0 Å². The Kier molecular flexibility index (Phi) is 4.51. The van der Waals surface area contributed by atoms with Crippen LogP contribution in [-0.2, 0) is 5.41 Å². The van der Waals surface area contributed by atoms with Gasteiger partial charge in [-0.1, -0.05) is 86.6 Å². The third-order valence-corrected chi connectivity index (χ3v) is 7.01. The van der Waals surface area contributed by atoms with Crippen molar-refractivity contribution in [2.45, 2.75) is 33.1 Å². The third kappa shape index (κ3) is 2.99. The maximum Gasteiger partial charge on any atom is 0.0444 e. The standard InChI is InChI=1S/C30H29N/c1-20-18-27-25(24-14-9-10-16-26(24)30(27,3)4)19-29(20)31(5)28-17-11-15-23(21(28)2)22-12-7-6-8-13-22/h6-19H,1-5H3. The maximum absolute atomic E-state index is 2.40. The Bertz CT molecular complexity index is 1280. The van der Waals surface area contributed by atoms with Crippen molar-refractivity contribution in [1.82, 2.24) is 0 Å². The summed E-state index contributed by atoms with van der Waals surface area (Å²) in [4.78, 5) is 2.35. The second kappa shape index (κ2) is 7.13. The van der Waals surface area contributed by atoms with Crippen molar-refractivity contribution in [2.75, 3.05) is 11.9 Å². The fourth-order valence-electron chi connectivity index (χ4n) is 5.25. The van der Waals surface area contributed by atoms with Crippen molar-refractivity contribution in [2.24, 2.45) is 0 Å². The van der Waals surface area contributed by atoms with Crippen LogP contribution in [0.15, 0.2) is 84.9 Å². The van der Waals surface area contributed by atoms with Crippen molar-refractivity contribution in [3.63, 3.8) is 0 Å². The first kappa shape index (κ1) is 19.6. The average Bonchev–Trinajstić information content (AvgIpc) is 3.00. The molecule has 1 aliphatic carbocycles. The van der Waals surface area contributed by atoms with Gasteiger partial charge in [-0.15, -0.1) is 0 Å². The summed E-state index contributed by atoms with van der Waals surface area (Å²) >= 11 is 0. The van der Waals surface area contributed by atoms with Crippen LogP contribution >= 0.6 is 0 Å². The largest absolute Gasteiger partial charge is 0.344 e. The van der Waals surface area contributed by atoms with Gasteiger partial charge in [-0.3, -0.25) is 0 Å². The monoisotopic (exact) mass is 403 g/mol. The molecule has 0 N–H and O–H groups in total. The molecular weight excluding hydrogens is 374 g/mol. The summed E-state index contributed by atoms with van der Waals surface area (Å²) in [6, 6.07) is 30.9. The molecule has 154 valence electrons. The average molecular weight is 404 g/mol. The van der Waals surface area contributed by atoms with E-state index in [0.29, 0.717) is 0 Å². The number of fused-ring (bicyclic) bond motifs is 3. The van der Waals surface area contributed by atoms with E-state index in [1.165, 1.54) is 55.9 Å². The first-order valence-electron chi connectivity index (χ1n) is 11.0. The molecule has 1 nitrogen and oxygen atoms in total. The zero-order valence-corrected chi connectivity index (χ0v) is 19.0. The van der Waals surface area contributed by atoms with Crippen molar-refractivity contribution in [3.8, 4) is 22.3 Å². The topological polar surface area (TPSA) is 3.24 Å². The van der Waals surface area contributed by atoms with Gasteiger partial charge in [0.15, 0.2) is 0 Å². The van der Waals surface area contributed by atoms with Crippen molar-refractivity contribution >= 4 is 11.4 Å². The van der Waals surface area contributed by atoms with Crippen molar-refractivity contribution in [1.29, 1.82) is 0 Å². The minimum Gasteiger partial charge on any atom is -0.344 e. The summed E-state index contributed by atoms with van der Waals surface area (Å²) in [7, 11) is 2.19. The third-order valence-electron chi connectivity index (χ3n) is 7.01. The number of anilines is 2. The summed E-state index contributed by atoms with van der Waals surface area (Å²) in [5, 5.41) is 0. The van der Waals surface area contributed by atoms with E-state index in [9.17, 15) is 0 Å². The van der Waals surface area contributed by atoms with Crippen LogP contribution in [0.2, 0.25) is 0 Å². The van der Waals surface area contributed by atoms with Crippen molar-refractivity contribution in [3.05, 3.63) is 107 Å². The Balaban J connectivity index is 1.64. The van der Waals surface area contributed by atoms with Crippen LogP contribution in [0, 0.1) is 13.8 Å². The maximum atomic E-state index is 2.40. The molecule has 0 fully saturated rings. The zero-order valence-electron chi connectivity index (χ0n) is 19.0. The molecule has 31 heavy (non-hydrogen) atoms. The zero-order chi connectivity index (χ0) is 21.8. The smallest absolute Gasteiger partial charge is 0.0444 e. The lowest BCUT2D eigenvalue weighted by atomic mass is 9.82. The highest BCUT2D eigenvalue weighted by Gasteiger charge is 2.35. The predicted molar refractivity (Wildman–Crippen MR) is 133 cm³/mol. The fourth-order valence-corrected chi connectivity index (χ4v) is 5.25. The van der Waals surface area contributed by atoms with Crippen LogP contribution in [-0.4, -0.2) is 7.05 Å². The predicted octanol–water partition coefficient (Wildman–Crippen LogP) is 8.04. The lowest BCUT2D eigenvalue weighted by Crippen LogP contribution is -2.16. The second-order valence-electron chi connectivity index (χ2n) is 9.23. The number of benzene rings is 4. The Morgan fingerprint density at radius 3 is 2.06 bits per heavy atom. The van der Waals surface area contributed by atoms with Gasteiger partial charge >= 0.3 is 0 Å². The van der Waals surface area contributed by atoms with Crippen LogP contribution in [0.3, 0.4) is 0 Å². The molecule has 0 bridgehead atoms. The van der Waals surface area contributed by atoms with E-state index in [1.54, 1.807) is 0 Å². The molecule has 0 aliphatic heterocycles. The van der Waals surface area contributed by atoms with Crippen LogP contribution < -0.4 is 4.90 Å². The molecule has 4 aromatic carbocycles. The highest BCUT2D eigenvalue weighted by atomic mass is 15.1. The van der Waals surface area contributed by atoms with Gasteiger partial charge in [0.2, 0.25) is 0 Å². The Morgan fingerprint density at radius 2 is 1.29 bits per heavy atom. The second-order valence-corrected chi connectivity index (χ2v) is 9.23. The molecule has 4 aromatic rings. The number of rotatable bonds is 3. The molecule has 0 atom stereocenters. The van der Waals surface area contributed by atoms with E-state index >= 15 is 0 Å². The van der Waals surface area contributed by atoms with Gasteiger partial charge in [0.25, 0.3) is 0 Å². The lowest BCUT2D eigenvalue weighted by Gasteiger charge is -2.27. The summed E-state index contributed by atoms with van der Waals surface area (Å²) in [6.07, 6.45) is 0. The van der Waals surface area contributed by atoms with Crippen LogP contribution in [0.25, 0.3) is 22.3 Å². The number of hydrogen-bond acceptors (Lipinski definition) is 1. The quantitative estimate of drug-likeness (QED) is 0.334. The fraction of sp³-hybridized carbons (Fsp3) is 0.200. The van der Waals surface area contributed by atoms with Gasteiger partial charge in [-0.25, -0.2) is 0 Å². The van der Waals surface area contributed by atoms with Gasteiger partial charge in [-0.05, 0) is 70.5 Å². The minimum absolute atomic E-state index is 0.0386. The highest BCUT2D eigenvalue weighted by molar-refractivity contribution is 5.86. The summed E-state index contributed by atoms with van der Waals surface area (Å²) < 4.78 is 0. The van der Waals surface area contributed by atoms with E-state index in [1.807, 2.05) is 0 Å². The Labute approximate surface area is 186 Å². The normalized spacial score (nSPS) is 13.6. The first-order valence-corrected chi connectivity index (χ1v) is 11.0. The van der Waals surface area contributed by atoms with Gasteiger partial charge in [0.05, 0.1) is 0 Å². The van der Waals surface area contributed by atoms with Gasteiger partial charge in [0.1, 0.15) is 0 Å². The molecule has 0 aromatic heterocycles. The SMILES string of the molecule is Cc1cc2c(cc1N(C)c1cccc(-c3ccccc3)c1C)-c1ccccc1C2(C)C. The molecule has 0 unspecified atom stereocenters. The molecule has 1 heteroatoms. The van der Waals surface area contributed by atoms with Gasteiger partial charge in [0, 0.05) is 23.8 Å². The molecule has 5 rings (SSSR count). The van der Waals surface area contributed by atoms with E-state index in [-0.39, 0.29) is 5.41 Å². The molecule has 0 saturated carbocycles. The molecular formula is C30H29N. The number of hydrogen-bond donors (Lipinski definition) is 0. The summed E-state index contributed by atoms with van der Waals surface area (Å²) in [6.45, 7) is 9.15. The van der Waals surface area contributed by atoms with E-state index in [2.05, 4.69) is 125 Å². The van der Waals surface area contributed by atoms with E-state index in [4.69, 9.17) is 0 Å². The van der Waals surface area contributed by atoms with Crippen LogP contribution in [0.4, 0.5) is 11.4 Å². The minimum atomic E-state index is 0.0386. The first-order chi connectivity index (χ1) is 14.9. The van der Waals surface area contributed by atoms with Gasteiger partial charge in [-0.2, -0.15) is 0 Å². The Hall–Kier alpha value is -3.32. The molecule has 0 amide bonds. The van der Waals surface area contributed by atoms with E-state index < -0.39 is 0 Å². The number of nitrogens with zero attached hydrogens (tertiary/aromatic N) is 1. The molecule has 0 heterocycles. The Morgan fingerprint density at radius 1 is 0.613 bits per heavy atom. The van der Waals surface area contributed by atoms with Crippen LogP contribution in [0.1, 0.15) is 36.1 Å². The van der Waals surface area contributed by atoms with Gasteiger partial charge < -0.3 is 4.90 Å². The van der Waals surface area contributed by atoms with Crippen molar-refractivity contribution < 1.29 is 0 Å². The number of aryl methyl sites for hydroxylation is 1.